The monoisotopic (exact) mass is 406 g/mol. The van der Waals surface area contributed by atoms with Gasteiger partial charge >= 0.3 is 0 Å². The van der Waals surface area contributed by atoms with Crippen LogP contribution in [0.25, 0.3) is 22.3 Å². The minimum atomic E-state index is -0.244. The molecule has 32 heavy (non-hydrogen) atoms. The Kier molecular flexibility index (Phi) is 3.63. The van der Waals surface area contributed by atoms with Crippen LogP contribution < -0.4 is 0 Å². The Morgan fingerprint density at radius 1 is 0.375 bits per heavy atom. The van der Waals surface area contributed by atoms with E-state index in [0.717, 1.165) is 6.42 Å². The second kappa shape index (κ2) is 6.55. The molecule has 2 aliphatic carbocycles. The minimum absolute atomic E-state index is 0.244. The zero-order chi connectivity index (χ0) is 21.1. The maximum Gasteiger partial charge on any atom is 0.0725 e. The van der Waals surface area contributed by atoms with Gasteiger partial charge in [-0.3, -0.25) is 0 Å². The van der Waals surface area contributed by atoms with Gasteiger partial charge in [0.2, 0.25) is 0 Å². The minimum Gasteiger partial charge on any atom is -0.0622 e. The van der Waals surface area contributed by atoms with Crippen molar-refractivity contribution in [1.82, 2.24) is 0 Å². The van der Waals surface area contributed by atoms with E-state index < -0.39 is 0 Å². The van der Waals surface area contributed by atoms with E-state index in [2.05, 4.69) is 121 Å². The molecule has 1 spiro atoms. The second-order valence-corrected chi connectivity index (χ2v) is 8.93. The smallest absolute Gasteiger partial charge is 0.0622 e. The van der Waals surface area contributed by atoms with Crippen molar-refractivity contribution < 1.29 is 0 Å². The number of rotatable bonds is 2. The third-order valence-electron chi connectivity index (χ3n) is 7.31. The molecule has 0 heterocycles. The first-order chi connectivity index (χ1) is 15.9. The second-order valence-electron chi connectivity index (χ2n) is 8.93. The maximum absolute atomic E-state index is 2.47. The fourth-order valence-electron chi connectivity index (χ4n) is 6.08. The molecule has 0 fully saturated rings. The lowest BCUT2D eigenvalue weighted by molar-refractivity contribution is 0.792. The van der Waals surface area contributed by atoms with E-state index in [0.29, 0.717) is 0 Å². The van der Waals surface area contributed by atoms with E-state index in [1.54, 1.807) is 0 Å². The van der Waals surface area contributed by atoms with Gasteiger partial charge < -0.3 is 0 Å². The van der Waals surface area contributed by atoms with Gasteiger partial charge in [0.1, 0.15) is 0 Å². The summed E-state index contributed by atoms with van der Waals surface area (Å²) in [5.41, 5.74) is 13.6. The normalized spacial score (nSPS) is 14.0. The van der Waals surface area contributed by atoms with E-state index in [4.69, 9.17) is 0 Å². The molecule has 0 saturated heterocycles. The molecule has 0 atom stereocenters. The summed E-state index contributed by atoms with van der Waals surface area (Å²) >= 11 is 0. The maximum atomic E-state index is 2.47. The van der Waals surface area contributed by atoms with Crippen molar-refractivity contribution in [3.63, 3.8) is 0 Å². The summed E-state index contributed by atoms with van der Waals surface area (Å²) in [6, 6.07) is 44.9. The van der Waals surface area contributed by atoms with Crippen LogP contribution in [0.15, 0.2) is 121 Å². The van der Waals surface area contributed by atoms with Crippen LogP contribution in [-0.2, 0) is 11.8 Å². The molecule has 2 aliphatic rings. The summed E-state index contributed by atoms with van der Waals surface area (Å²) in [6.07, 6.45) is 0.948. The molecule has 0 radical (unpaired) electrons. The van der Waals surface area contributed by atoms with Gasteiger partial charge in [0.05, 0.1) is 5.41 Å². The number of hydrogen-bond donors (Lipinski definition) is 0. The first-order valence-electron chi connectivity index (χ1n) is 11.3. The molecule has 0 aromatic heterocycles. The molecule has 0 saturated carbocycles. The summed E-state index contributed by atoms with van der Waals surface area (Å²) in [5.74, 6) is 0. The van der Waals surface area contributed by atoms with Gasteiger partial charge in [-0.05, 0) is 62.1 Å². The summed E-state index contributed by atoms with van der Waals surface area (Å²) in [5, 5.41) is 0. The van der Waals surface area contributed by atoms with Crippen LogP contribution in [0.4, 0.5) is 0 Å². The zero-order valence-electron chi connectivity index (χ0n) is 17.8. The standard InChI is InChI=1S/C32H22/c1-2-10-22(11-3-1)20-23-18-19-27-26-14-6-9-17-30(26)32(31(27)21-23)28-15-7-4-12-24(28)25-13-5-8-16-29(25)32/h1-19,21H,20H2. The Balaban J connectivity index is 1.55. The molecule has 0 N–H and O–H groups in total. The van der Waals surface area contributed by atoms with Crippen molar-refractivity contribution in [1.29, 1.82) is 0 Å². The summed E-state index contributed by atoms with van der Waals surface area (Å²) in [6.45, 7) is 0. The highest BCUT2D eigenvalue weighted by Crippen LogP contribution is 2.62. The fraction of sp³-hybridized carbons (Fsp3) is 0.0625. The SMILES string of the molecule is c1ccc(Cc2ccc3c(c2)C2(c4ccccc4-c4ccccc42)c2ccccc2-3)cc1. The van der Waals surface area contributed by atoms with Crippen molar-refractivity contribution in [2.24, 2.45) is 0 Å². The van der Waals surface area contributed by atoms with E-state index in [-0.39, 0.29) is 5.41 Å². The predicted molar refractivity (Wildman–Crippen MR) is 132 cm³/mol. The Morgan fingerprint density at radius 3 is 1.41 bits per heavy atom. The largest absolute Gasteiger partial charge is 0.0725 e. The van der Waals surface area contributed by atoms with Crippen LogP contribution in [0.5, 0.6) is 0 Å². The van der Waals surface area contributed by atoms with Crippen LogP contribution in [-0.4, -0.2) is 0 Å². The van der Waals surface area contributed by atoms with Crippen LogP contribution in [0, 0.1) is 0 Å². The van der Waals surface area contributed by atoms with E-state index in [1.807, 2.05) is 0 Å². The summed E-state index contributed by atoms with van der Waals surface area (Å²) in [7, 11) is 0. The van der Waals surface area contributed by atoms with Gasteiger partial charge in [-0.2, -0.15) is 0 Å². The topological polar surface area (TPSA) is 0 Å². The summed E-state index contributed by atoms with van der Waals surface area (Å²) in [4.78, 5) is 0. The highest BCUT2D eigenvalue weighted by Gasteiger charge is 2.51. The highest BCUT2D eigenvalue weighted by molar-refractivity contribution is 5.94. The molecule has 0 nitrogen and oxygen atoms in total. The number of fused-ring (bicyclic) bond motifs is 10. The fourth-order valence-corrected chi connectivity index (χ4v) is 6.08. The third-order valence-corrected chi connectivity index (χ3v) is 7.31. The zero-order valence-corrected chi connectivity index (χ0v) is 17.8. The first-order valence-corrected chi connectivity index (χ1v) is 11.3. The quantitative estimate of drug-likeness (QED) is 0.277. The van der Waals surface area contributed by atoms with Gasteiger partial charge in [0, 0.05) is 0 Å². The number of benzene rings is 5. The van der Waals surface area contributed by atoms with Crippen LogP contribution in [0.1, 0.15) is 33.4 Å². The number of hydrogen-bond acceptors (Lipinski definition) is 0. The van der Waals surface area contributed by atoms with Gasteiger partial charge in [-0.15, -0.1) is 0 Å². The van der Waals surface area contributed by atoms with Crippen LogP contribution >= 0.6 is 0 Å². The predicted octanol–water partition coefficient (Wildman–Crippen LogP) is 7.62. The molecule has 0 amide bonds. The molecule has 5 aromatic rings. The molecule has 0 unspecified atom stereocenters. The third kappa shape index (κ3) is 2.22. The molecule has 7 rings (SSSR count). The van der Waals surface area contributed by atoms with Crippen molar-refractivity contribution in [3.8, 4) is 22.3 Å². The van der Waals surface area contributed by atoms with E-state index in [1.165, 1.54) is 55.6 Å². The molecule has 150 valence electrons. The average molecular weight is 407 g/mol. The van der Waals surface area contributed by atoms with E-state index in [9.17, 15) is 0 Å². The lowest BCUT2D eigenvalue weighted by atomic mass is 9.70. The van der Waals surface area contributed by atoms with Gasteiger partial charge in [-0.1, -0.05) is 121 Å². The van der Waals surface area contributed by atoms with Gasteiger partial charge in [0.15, 0.2) is 0 Å². The van der Waals surface area contributed by atoms with Crippen molar-refractivity contribution in [2.45, 2.75) is 11.8 Å². The van der Waals surface area contributed by atoms with Gasteiger partial charge in [-0.25, -0.2) is 0 Å². The molecule has 0 bridgehead atoms. The average Bonchev–Trinajstić information content (AvgIpc) is 3.32. The molecule has 0 aliphatic heterocycles. The lowest BCUT2D eigenvalue weighted by Gasteiger charge is -2.30. The van der Waals surface area contributed by atoms with E-state index >= 15 is 0 Å². The lowest BCUT2D eigenvalue weighted by Crippen LogP contribution is -2.26. The Hall–Kier alpha value is -3.90. The Labute approximate surface area is 188 Å². The Morgan fingerprint density at radius 2 is 0.844 bits per heavy atom. The highest BCUT2D eigenvalue weighted by atomic mass is 14.5. The van der Waals surface area contributed by atoms with Crippen molar-refractivity contribution in [2.75, 3.05) is 0 Å². The van der Waals surface area contributed by atoms with Crippen LogP contribution in [0.3, 0.4) is 0 Å². The molecule has 5 aromatic carbocycles. The first kappa shape index (κ1) is 17.7. The molecular formula is C32H22. The Bertz CT molecular complexity index is 1430. The van der Waals surface area contributed by atoms with Crippen molar-refractivity contribution >= 4 is 0 Å². The van der Waals surface area contributed by atoms with Crippen LogP contribution in [0.2, 0.25) is 0 Å². The molecule has 0 heteroatoms. The van der Waals surface area contributed by atoms with Gasteiger partial charge in [0.25, 0.3) is 0 Å². The van der Waals surface area contributed by atoms with Crippen molar-refractivity contribution in [3.05, 3.63) is 155 Å². The molecular weight excluding hydrogens is 384 g/mol. The summed E-state index contributed by atoms with van der Waals surface area (Å²) < 4.78 is 0.